The van der Waals surface area contributed by atoms with Crippen LogP contribution < -0.4 is 5.73 Å². The molecule has 9 nitrogen and oxygen atoms in total. The lowest BCUT2D eigenvalue weighted by molar-refractivity contribution is -0.161. The number of nitrogens with two attached hydrogens (primary N) is 1. The first-order valence-corrected chi connectivity index (χ1v) is 40.0. The van der Waals surface area contributed by atoms with Crippen molar-refractivity contribution in [2.75, 3.05) is 26.4 Å². The Kier molecular flexibility index (Phi) is 71.8. The molecule has 0 saturated carbocycles. The average Bonchev–Trinajstić information content (AvgIpc) is 3.64. The molecule has 0 spiro atoms. The van der Waals surface area contributed by atoms with Gasteiger partial charge in [-0.15, -0.1) is 0 Å². The molecule has 0 aliphatic heterocycles. The molecule has 0 bridgehead atoms. The zero-order valence-corrected chi connectivity index (χ0v) is 58.9. The second-order valence-corrected chi connectivity index (χ2v) is 27.7. The minimum atomic E-state index is -4.39. The normalized spacial score (nSPS) is 13.0. The van der Waals surface area contributed by atoms with Crippen LogP contribution in [0.25, 0.3) is 0 Å². The summed E-state index contributed by atoms with van der Waals surface area (Å²) in [6, 6.07) is 0. The number of carbonyl (C=O) groups excluding carboxylic acids is 2. The summed E-state index contributed by atoms with van der Waals surface area (Å²) in [6.07, 6.45) is 92.8. The van der Waals surface area contributed by atoms with Crippen molar-refractivity contribution in [2.45, 2.75) is 418 Å². The van der Waals surface area contributed by atoms with Gasteiger partial charge < -0.3 is 20.1 Å². The van der Waals surface area contributed by atoms with Gasteiger partial charge in [0.05, 0.1) is 13.2 Å². The number of esters is 2. The number of rotatable bonds is 74. The van der Waals surface area contributed by atoms with Crippen molar-refractivity contribution in [3.8, 4) is 0 Å². The molecular formula is C77H148NO8P. The molecule has 0 aliphatic rings. The third kappa shape index (κ3) is 73.2. The van der Waals surface area contributed by atoms with Crippen LogP contribution in [0.3, 0.4) is 0 Å². The highest BCUT2D eigenvalue weighted by molar-refractivity contribution is 7.47. The molecule has 3 N–H and O–H groups in total. The second-order valence-electron chi connectivity index (χ2n) is 26.2. The van der Waals surface area contributed by atoms with Crippen LogP contribution in [-0.2, 0) is 32.7 Å². The van der Waals surface area contributed by atoms with Gasteiger partial charge in [-0.3, -0.25) is 18.6 Å². The van der Waals surface area contributed by atoms with Gasteiger partial charge in [-0.1, -0.05) is 365 Å². The van der Waals surface area contributed by atoms with E-state index in [0.29, 0.717) is 6.42 Å². The molecular weight excluding hydrogens is 1100 g/mol. The van der Waals surface area contributed by atoms with Crippen LogP contribution in [0.15, 0.2) is 36.5 Å². The van der Waals surface area contributed by atoms with Gasteiger partial charge in [0.15, 0.2) is 6.10 Å². The van der Waals surface area contributed by atoms with Crippen LogP contribution in [0.4, 0.5) is 0 Å². The molecule has 10 heteroatoms. The summed E-state index contributed by atoms with van der Waals surface area (Å²) in [7, 11) is -4.39. The van der Waals surface area contributed by atoms with Crippen molar-refractivity contribution in [2.24, 2.45) is 5.73 Å². The minimum Gasteiger partial charge on any atom is -0.462 e. The summed E-state index contributed by atoms with van der Waals surface area (Å²) in [5.74, 6) is -0.802. The third-order valence-corrected chi connectivity index (χ3v) is 18.5. The summed E-state index contributed by atoms with van der Waals surface area (Å²) in [6.45, 7) is 3.82. The molecule has 2 unspecified atom stereocenters. The maximum atomic E-state index is 12.8. The van der Waals surface area contributed by atoms with Gasteiger partial charge in [0.25, 0.3) is 0 Å². The summed E-state index contributed by atoms with van der Waals surface area (Å²) >= 11 is 0. The average molecular weight is 1250 g/mol. The van der Waals surface area contributed by atoms with Gasteiger partial charge in [0.1, 0.15) is 6.61 Å². The van der Waals surface area contributed by atoms with Crippen molar-refractivity contribution in [3.05, 3.63) is 36.5 Å². The monoisotopic (exact) mass is 1250 g/mol. The van der Waals surface area contributed by atoms with Crippen LogP contribution in [0, 0.1) is 0 Å². The number of carbonyl (C=O) groups is 2. The highest BCUT2D eigenvalue weighted by Gasteiger charge is 2.26. The van der Waals surface area contributed by atoms with Crippen LogP contribution in [-0.4, -0.2) is 49.3 Å². The van der Waals surface area contributed by atoms with E-state index in [-0.39, 0.29) is 38.6 Å². The Morgan fingerprint density at radius 1 is 0.345 bits per heavy atom. The summed E-state index contributed by atoms with van der Waals surface area (Å²) in [5.41, 5.74) is 5.41. The van der Waals surface area contributed by atoms with E-state index < -0.39 is 26.5 Å². The van der Waals surface area contributed by atoms with Gasteiger partial charge in [-0.05, 0) is 70.6 Å². The van der Waals surface area contributed by atoms with Crippen molar-refractivity contribution in [3.63, 3.8) is 0 Å². The maximum absolute atomic E-state index is 12.8. The third-order valence-electron chi connectivity index (χ3n) is 17.5. The van der Waals surface area contributed by atoms with E-state index in [1.807, 2.05) is 0 Å². The molecule has 0 radical (unpaired) electrons. The van der Waals surface area contributed by atoms with Gasteiger partial charge in [0, 0.05) is 19.4 Å². The molecule has 0 fully saturated rings. The lowest BCUT2D eigenvalue weighted by Crippen LogP contribution is -2.29. The Labute approximate surface area is 541 Å². The van der Waals surface area contributed by atoms with E-state index in [1.54, 1.807) is 0 Å². The molecule has 514 valence electrons. The molecule has 0 amide bonds. The number of hydrogen-bond acceptors (Lipinski definition) is 8. The van der Waals surface area contributed by atoms with Crippen LogP contribution in [0.5, 0.6) is 0 Å². The minimum absolute atomic E-state index is 0.0565. The molecule has 0 rings (SSSR count). The van der Waals surface area contributed by atoms with E-state index >= 15 is 0 Å². The fraction of sp³-hybridized carbons (Fsp3) is 0.896. The number of phosphoric acid groups is 1. The summed E-state index contributed by atoms with van der Waals surface area (Å²) in [4.78, 5) is 35.4. The zero-order chi connectivity index (χ0) is 63.0. The van der Waals surface area contributed by atoms with Gasteiger partial charge in [-0.25, -0.2) is 4.57 Å². The smallest absolute Gasteiger partial charge is 0.462 e. The molecule has 0 saturated heterocycles. The van der Waals surface area contributed by atoms with E-state index in [1.165, 1.54) is 340 Å². The van der Waals surface area contributed by atoms with E-state index in [0.717, 1.165) is 38.5 Å². The number of allylic oxidation sites excluding steroid dienone is 6. The van der Waals surface area contributed by atoms with E-state index in [2.05, 4.69) is 50.3 Å². The first-order chi connectivity index (χ1) is 42.8. The van der Waals surface area contributed by atoms with Crippen molar-refractivity contribution >= 4 is 19.8 Å². The number of hydrogen-bond donors (Lipinski definition) is 2. The molecule has 0 heterocycles. The predicted molar refractivity (Wildman–Crippen MR) is 377 cm³/mol. The number of unbranched alkanes of at least 4 members (excludes halogenated alkanes) is 55. The van der Waals surface area contributed by atoms with Crippen LogP contribution in [0.1, 0.15) is 412 Å². The van der Waals surface area contributed by atoms with Gasteiger partial charge >= 0.3 is 19.8 Å². The Morgan fingerprint density at radius 3 is 0.885 bits per heavy atom. The Balaban J connectivity index is 3.77. The number of phosphoric ester groups is 1. The van der Waals surface area contributed by atoms with Crippen molar-refractivity contribution in [1.82, 2.24) is 0 Å². The largest absolute Gasteiger partial charge is 0.472 e. The topological polar surface area (TPSA) is 134 Å². The highest BCUT2D eigenvalue weighted by Crippen LogP contribution is 2.43. The Morgan fingerprint density at radius 2 is 0.598 bits per heavy atom. The first kappa shape index (κ1) is 85.2. The molecule has 0 aliphatic carbocycles. The summed E-state index contributed by atoms with van der Waals surface area (Å²) < 4.78 is 33.3. The Hall–Kier alpha value is -1.77. The fourth-order valence-electron chi connectivity index (χ4n) is 11.8. The van der Waals surface area contributed by atoms with E-state index in [9.17, 15) is 19.0 Å². The lowest BCUT2D eigenvalue weighted by atomic mass is 10.0. The lowest BCUT2D eigenvalue weighted by Gasteiger charge is -2.19. The summed E-state index contributed by atoms with van der Waals surface area (Å²) in [5, 5.41) is 0. The molecule has 2 atom stereocenters. The van der Waals surface area contributed by atoms with Crippen molar-refractivity contribution in [1.29, 1.82) is 0 Å². The second kappa shape index (κ2) is 73.3. The predicted octanol–water partition coefficient (Wildman–Crippen LogP) is 25.4. The Bertz CT molecular complexity index is 1520. The number of ether oxygens (including phenoxy) is 2. The van der Waals surface area contributed by atoms with Crippen LogP contribution >= 0.6 is 7.82 Å². The first-order valence-electron chi connectivity index (χ1n) is 38.5. The molecule has 0 aromatic carbocycles. The van der Waals surface area contributed by atoms with Crippen LogP contribution in [0.2, 0.25) is 0 Å². The van der Waals surface area contributed by atoms with Gasteiger partial charge in [0.2, 0.25) is 0 Å². The molecule has 87 heavy (non-hydrogen) atoms. The maximum Gasteiger partial charge on any atom is 0.472 e. The highest BCUT2D eigenvalue weighted by atomic mass is 31.2. The fourth-order valence-corrected chi connectivity index (χ4v) is 12.6. The quantitative estimate of drug-likeness (QED) is 0.0264. The van der Waals surface area contributed by atoms with Crippen molar-refractivity contribution < 1.29 is 37.6 Å². The standard InChI is InChI=1S/C77H148NO8P/c1-3-5-7-9-11-13-15-17-19-21-23-25-27-29-31-33-35-37-39-41-43-45-47-49-51-53-55-57-59-61-63-65-67-69-76(79)83-73-75(74-85-87(81,82)84-72-71-78)86-77(80)70-68-66-64-62-60-58-56-54-52-50-48-46-44-42-40-38-36-34-32-30-28-26-24-22-20-18-16-14-12-10-8-6-4-2/h16,18,21-24,75H,3-15,17,19-20,25-74,78H2,1-2H3,(H,81,82)/b18-16-,23-21-,24-22-. The SMILES string of the molecule is CCCCCCC/C=C\C/C=C\CCCCCCCCCCCCCCCCCCCCCCCC(=O)OC(COC(=O)CCCCCCCCCCCCCCCCCCCCCCC/C=C\CCCCCCCCCC)COP(=O)(O)OCCN. The van der Waals surface area contributed by atoms with E-state index in [4.69, 9.17) is 24.3 Å². The zero-order valence-electron chi connectivity index (χ0n) is 58.0. The molecule has 0 aromatic rings. The molecule has 0 aromatic heterocycles. The van der Waals surface area contributed by atoms with Gasteiger partial charge in [-0.2, -0.15) is 0 Å².